The van der Waals surface area contributed by atoms with Gasteiger partial charge in [0.2, 0.25) is 0 Å². The van der Waals surface area contributed by atoms with Gasteiger partial charge in [-0.3, -0.25) is 4.79 Å². The molecule has 0 aromatic rings. The van der Waals surface area contributed by atoms with E-state index in [4.69, 9.17) is 23.2 Å². The molecule has 0 aromatic heterocycles. The standard InChI is InChI=1S/C4H4Cl2NO/c1-3(4(5)6)7-2-8/h1H3,(H,7,8). The van der Waals surface area contributed by atoms with Crippen LogP contribution in [0.25, 0.3) is 0 Å². The molecule has 0 aliphatic heterocycles. The van der Waals surface area contributed by atoms with Crippen LogP contribution >= 0.6 is 23.2 Å². The Bertz CT molecular complexity index is 117. The van der Waals surface area contributed by atoms with Crippen LogP contribution in [0, 0.1) is 0 Å². The molecule has 0 saturated carbocycles. The van der Waals surface area contributed by atoms with Crippen LogP contribution in [0.1, 0.15) is 6.92 Å². The van der Waals surface area contributed by atoms with Crippen molar-refractivity contribution in [3.8, 4) is 0 Å². The van der Waals surface area contributed by atoms with Crippen molar-refractivity contribution in [2.24, 2.45) is 0 Å². The number of amides is 1. The summed E-state index contributed by atoms with van der Waals surface area (Å²) in [5.74, 6) is 0. The highest BCUT2D eigenvalue weighted by Crippen LogP contribution is 2.09. The number of nitrogens with one attached hydrogen (secondary N) is 1. The summed E-state index contributed by atoms with van der Waals surface area (Å²) >= 11 is 10.4. The second-order valence-electron chi connectivity index (χ2n) is 1.11. The molecule has 0 aliphatic carbocycles. The highest BCUT2D eigenvalue weighted by atomic mass is 35.5. The minimum atomic E-state index is 0.0494. The van der Waals surface area contributed by atoms with Gasteiger partial charge in [-0.25, -0.2) is 0 Å². The first-order chi connectivity index (χ1) is 3.68. The van der Waals surface area contributed by atoms with Crippen LogP contribution in [-0.4, -0.2) is 6.41 Å². The van der Waals surface area contributed by atoms with Crippen molar-refractivity contribution in [2.75, 3.05) is 0 Å². The Balaban J connectivity index is 3.79. The van der Waals surface area contributed by atoms with Crippen molar-refractivity contribution in [2.45, 2.75) is 6.92 Å². The Morgan fingerprint density at radius 1 is 1.62 bits per heavy atom. The summed E-state index contributed by atoms with van der Waals surface area (Å²) in [5.41, 5.74) is 0.406. The van der Waals surface area contributed by atoms with Gasteiger partial charge in [-0.2, -0.15) is 0 Å². The summed E-state index contributed by atoms with van der Waals surface area (Å²) in [5, 5.41) is 2.16. The van der Waals surface area contributed by atoms with Gasteiger partial charge in [0.15, 0.2) is 0 Å². The minimum Gasteiger partial charge on any atom is -0.319 e. The summed E-state index contributed by atoms with van der Waals surface area (Å²) in [7, 11) is 0. The highest BCUT2D eigenvalue weighted by molar-refractivity contribution is 6.56. The first kappa shape index (κ1) is 7.79. The molecule has 0 atom stereocenters. The van der Waals surface area contributed by atoms with Gasteiger partial charge in [-0.15, -0.1) is 0 Å². The number of hydrogen-bond donors (Lipinski definition) is 1. The topological polar surface area (TPSA) is 29.1 Å². The number of rotatable bonds is 2. The van der Waals surface area contributed by atoms with E-state index in [0.29, 0.717) is 5.70 Å². The monoisotopic (exact) mass is 152 g/mol. The third-order valence-corrected chi connectivity index (χ3v) is 1.09. The molecule has 1 N–H and O–H groups in total. The molecule has 0 fully saturated rings. The molecule has 0 bridgehead atoms. The largest absolute Gasteiger partial charge is 0.319 e. The highest BCUT2D eigenvalue weighted by Gasteiger charge is 1.90. The van der Waals surface area contributed by atoms with Crippen LogP contribution in [0.3, 0.4) is 0 Å². The second-order valence-corrected chi connectivity index (χ2v) is 2.06. The Labute approximate surface area is 57.5 Å². The van der Waals surface area contributed by atoms with E-state index in [2.05, 4.69) is 5.32 Å². The average Bonchev–Trinajstić information content (AvgIpc) is 1.67. The number of carbonyl (C=O) groups excluding carboxylic acids is 1. The molecule has 0 aromatic carbocycles. The summed E-state index contributed by atoms with van der Waals surface area (Å²) in [4.78, 5) is 9.53. The van der Waals surface area contributed by atoms with Crippen molar-refractivity contribution < 1.29 is 4.79 Å². The third-order valence-electron chi connectivity index (χ3n) is 0.522. The van der Waals surface area contributed by atoms with Crippen LogP contribution in [-0.2, 0) is 4.79 Å². The van der Waals surface area contributed by atoms with Gasteiger partial charge in [0.25, 0.3) is 0 Å². The third kappa shape index (κ3) is 2.88. The van der Waals surface area contributed by atoms with Gasteiger partial charge in [0, 0.05) is 5.70 Å². The Kier molecular flexibility index (Phi) is 3.65. The number of allylic oxidation sites excluding steroid dienone is 1. The molecule has 0 unspecified atom stereocenters. The fraction of sp³-hybridized carbons (Fsp3) is 0.250. The predicted molar refractivity (Wildman–Crippen MR) is 33.2 cm³/mol. The van der Waals surface area contributed by atoms with Crippen LogP contribution in [0.5, 0.6) is 0 Å². The smallest absolute Gasteiger partial charge is 0.313 e. The van der Waals surface area contributed by atoms with Gasteiger partial charge >= 0.3 is 6.41 Å². The van der Waals surface area contributed by atoms with Gasteiger partial charge < -0.3 is 5.32 Å². The zero-order valence-corrected chi connectivity index (χ0v) is 5.68. The van der Waals surface area contributed by atoms with Crippen LogP contribution in [0.4, 0.5) is 0 Å². The molecule has 1 amide bonds. The van der Waals surface area contributed by atoms with E-state index in [-0.39, 0.29) is 4.49 Å². The Hall–Kier alpha value is -0.210. The van der Waals surface area contributed by atoms with E-state index in [1.165, 1.54) is 6.41 Å². The SMILES string of the molecule is CC(N[C]=O)=C(Cl)Cl. The minimum absolute atomic E-state index is 0.0494. The van der Waals surface area contributed by atoms with Crippen LogP contribution in [0.2, 0.25) is 0 Å². The van der Waals surface area contributed by atoms with Gasteiger partial charge in [0.05, 0.1) is 0 Å². The van der Waals surface area contributed by atoms with E-state index in [9.17, 15) is 4.79 Å². The van der Waals surface area contributed by atoms with Crippen molar-refractivity contribution in [3.63, 3.8) is 0 Å². The van der Waals surface area contributed by atoms with Crippen LogP contribution in [0.15, 0.2) is 10.2 Å². The molecular formula is C4H4Cl2NO. The lowest BCUT2D eigenvalue weighted by Gasteiger charge is -1.92. The number of hydrogen-bond acceptors (Lipinski definition) is 1. The lowest BCUT2D eigenvalue weighted by Crippen LogP contribution is -2.06. The zero-order chi connectivity index (χ0) is 6.57. The summed E-state index contributed by atoms with van der Waals surface area (Å²) in [6.45, 7) is 1.57. The summed E-state index contributed by atoms with van der Waals surface area (Å²) < 4.78 is 0.0494. The van der Waals surface area contributed by atoms with Gasteiger partial charge in [0.1, 0.15) is 4.49 Å². The average molecular weight is 153 g/mol. The lowest BCUT2D eigenvalue weighted by molar-refractivity contribution is 0.548. The van der Waals surface area contributed by atoms with Gasteiger partial charge in [-0.05, 0) is 6.92 Å². The molecule has 4 heteroatoms. The second kappa shape index (κ2) is 3.75. The quantitative estimate of drug-likeness (QED) is 0.595. The molecule has 1 radical (unpaired) electrons. The lowest BCUT2D eigenvalue weighted by atomic mass is 10.6. The van der Waals surface area contributed by atoms with Crippen molar-refractivity contribution in [1.29, 1.82) is 0 Å². The molecule has 0 heterocycles. The summed E-state index contributed by atoms with van der Waals surface area (Å²) in [6.07, 6.45) is 1.42. The molecule has 0 rings (SSSR count). The van der Waals surface area contributed by atoms with E-state index in [1.807, 2.05) is 0 Å². The van der Waals surface area contributed by atoms with E-state index in [0.717, 1.165) is 0 Å². The fourth-order valence-corrected chi connectivity index (χ4v) is 0.218. The van der Waals surface area contributed by atoms with Crippen LogP contribution < -0.4 is 5.32 Å². The van der Waals surface area contributed by atoms with Crippen molar-refractivity contribution >= 4 is 29.6 Å². The fourth-order valence-electron chi connectivity index (χ4n) is 0.124. The first-order valence-corrected chi connectivity index (χ1v) is 2.59. The molecule has 2 nitrogen and oxygen atoms in total. The predicted octanol–water partition coefficient (Wildman–Crippen LogP) is 1.31. The Morgan fingerprint density at radius 2 is 2.12 bits per heavy atom. The van der Waals surface area contributed by atoms with Crippen molar-refractivity contribution in [3.05, 3.63) is 10.2 Å². The number of halogens is 2. The Morgan fingerprint density at radius 3 is 2.25 bits per heavy atom. The maximum absolute atomic E-state index is 9.53. The molecule has 0 saturated heterocycles. The van der Waals surface area contributed by atoms with E-state index < -0.39 is 0 Å². The van der Waals surface area contributed by atoms with Crippen molar-refractivity contribution in [1.82, 2.24) is 5.32 Å². The molecular weight excluding hydrogens is 149 g/mol. The first-order valence-electron chi connectivity index (χ1n) is 1.83. The van der Waals surface area contributed by atoms with Gasteiger partial charge in [-0.1, -0.05) is 23.2 Å². The maximum Gasteiger partial charge on any atom is 0.313 e. The van der Waals surface area contributed by atoms with E-state index in [1.54, 1.807) is 6.92 Å². The molecule has 45 valence electrons. The molecule has 8 heavy (non-hydrogen) atoms. The molecule has 0 spiro atoms. The molecule has 0 aliphatic rings. The summed E-state index contributed by atoms with van der Waals surface area (Å²) in [6, 6.07) is 0. The van der Waals surface area contributed by atoms with E-state index >= 15 is 0 Å². The zero-order valence-electron chi connectivity index (χ0n) is 4.16. The maximum atomic E-state index is 9.53. The normalized spacial score (nSPS) is 7.88.